The molecule has 0 unspecified atom stereocenters. The van der Waals surface area contributed by atoms with Gasteiger partial charge in [-0.15, -0.1) is 0 Å². The minimum Gasteiger partial charge on any atom is -0.0937 e. The topological polar surface area (TPSA) is 0 Å². The molecule has 0 aliphatic heterocycles. The standard InChI is InChI=1S/C3H5ClSi/c1-5-3-2-4/h2-3H,1H3. The zero-order valence-electron chi connectivity index (χ0n) is 3.03. The molecule has 0 atom stereocenters. The monoisotopic (exact) mass is 104 g/mol. The highest BCUT2D eigenvalue weighted by Gasteiger charge is 1.57. The maximum Gasteiger partial charge on any atom is 0.0680 e. The van der Waals surface area contributed by atoms with Crippen LogP contribution in [0, 0.1) is 0 Å². The van der Waals surface area contributed by atoms with Crippen LogP contribution in [0.1, 0.15) is 0 Å². The van der Waals surface area contributed by atoms with Crippen molar-refractivity contribution in [2.24, 2.45) is 0 Å². The van der Waals surface area contributed by atoms with E-state index in [0.29, 0.717) is 0 Å². The zero-order chi connectivity index (χ0) is 4.12. The van der Waals surface area contributed by atoms with E-state index in [4.69, 9.17) is 11.6 Å². The minimum absolute atomic E-state index is 0.845. The Morgan fingerprint density at radius 3 is 2.40 bits per heavy atom. The highest BCUT2D eigenvalue weighted by Crippen LogP contribution is 1.72. The van der Waals surface area contributed by atoms with Crippen molar-refractivity contribution >= 4 is 21.1 Å². The van der Waals surface area contributed by atoms with E-state index in [2.05, 4.69) is 6.55 Å². The summed E-state index contributed by atoms with van der Waals surface area (Å²) >= 11 is 5.13. The maximum absolute atomic E-state index is 5.13. The molecule has 0 aliphatic carbocycles. The molecule has 5 heavy (non-hydrogen) atoms. The van der Waals surface area contributed by atoms with Crippen molar-refractivity contribution in [1.29, 1.82) is 0 Å². The van der Waals surface area contributed by atoms with Gasteiger partial charge in [0.15, 0.2) is 0 Å². The fourth-order valence-electron chi connectivity index (χ4n) is 0.0630. The molecular weight excluding hydrogens is 99.6 g/mol. The second-order valence-corrected chi connectivity index (χ2v) is 1.74. The molecule has 0 amide bonds. The van der Waals surface area contributed by atoms with Crippen LogP contribution in [0.3, 0.4) is 0 Å². The fraction of sp³-hybridized carbons (Fsp3) is 0.333. The van der Waals surface area contributed by atoms with Gasteiger partial charge in [0.1, 0.15) is 0 Å². The van der Waals surface area contributed by atoms with Gasteiger partial charge >= 0.3 is 0 Å². The van der Waals surface area contributed by atoms with Crippen LogP contribution >= 0.6 is 11.6 Å². The maximum atomic E-state index is 5.13. The van der Waals surface area contributed by atoms with E-state index < -0.39 is 0 Å². The number of rotatable bonds is 1. The summed E-state index contributed by atoms with van der Waals surface area (Å²) in [5.41, 5.74) is 3.46. The fourth-order valence-corrected chi connectivity index (χ4v) is 0.567. The molecular formula is C3H5ClSi. The van der Waals surface area contributed by atoms with Crippen molar-refractivity contribution in [3.63, 3.8) is 0 Å². The van der Waals surface area contributed by atoms with Gasteiger partial charge in [-0.05, 0) is 5.54 Å². The molecule has 0 rings (SSSR count). The molecule has 0 aromatic carbocycles. The van der Waals surface area contributed by atoms with Gasteiger partial charge in [-0.2, -0.15) is 0 Å². The quantitative estimate of drug-likeness (QED) is 0.442. The average molecular weight is 105 g/mol. The second kappa shape index (κ2) is 4.25. The summed E-state index contributed by atoms with van der Waals surface area (Å²) in [5.74, 6) is 0. The lowest BCUT2D eigenvalue weighted by Gasteiger charge is -1.60. The first-order chi connectivity index (χ1) is 2.41. The number of hydrogen-bond donors (Lipinski definition) is 0. The largest absolute Gasteiger partial charge is 0.0937 e. The summed E-state index contributed by atoms with van der Waals surface area (Å²) in [5, 5.41) is 0. The van der Waals surface area contributed by atoms with Crippen LogP contribution in [0.15, 0.2) is 11.2 Å². The molecule has 0 aromatic heterocycles. The summed E-state index contributed by atoms with van der Waals surface area (Å²) < 4.78 is 0. The summed E-state index contributed by atoms with van der Waals surface area (Å²) in [7, 11) is 0.845. The van der Waals surface area contributed by atoms with Gasteiger partial charge in [-0.25, -0.2) is 0 Å². The molecule has 0 saturated heterocycles. The van der Waals surface area contributed by atoms with Gasteiger partial charge in [-0.3, -0.25) is 0 Å². The summed E-state index contributed by atoms with van der Waals surface area (Å²) in [6.07, 6.45) is 0. The summed E-state index contributed by atoms with van der Waals surface area (Å²) in [6, 6.07) is 0. The van der Waals surface area contributed by atoms with E-state index in [0.717, 1.165) is 9.52 Å². The van der Waals surface area contributed by atoms with Crippen molar-refractivity contribution in [2.45, 2.75) is 6.55 Å². The molecule has 0 nitrogen and oxygen atoms in total. The highest BCUT2D eigenvalue weighted by molar-refractivity contribution is 6.43. The average Bonchev–Trinajstić information content (AvgIpc) is 1.41. The molecule has 0 bridgehead atoms. The molecule has 28 valence electrons. The molecule has 0 spiro atoms. The lowest BCUT2D eigenvalue weighted by atomic mass is 11.3. The molecule has 0 heterocycles. The Kier molecular flexibility index (Phi) is 4.46. The first kappa shape index (κ1) is 5.25. The van der Waals surface area contributed by atoms with E-state index in [9.17, 15) is 0 Å². The van der Waals surface area contributed by atoms with Gasteiger partial charge in [0.25, 0.3) is 0 Å². The second-order valence-electron chi connectivity index (χ2n) is 0.581. The Bertz CT molecular complexity index is 33.9. The third kappa shape index (κ3) is 4.25. The van der Waals surface area contributed by atoms with Gasteiger partial charge in [0, 0.05) is 0 Å². The van der Waals surface area contributed by atoms with Crippen LogP contribution in [-0.4, -0.2) is 9.52 Å². The Morgan fingerprint density at radius 2 is 2.40 bits per heavy atom. The van der Waals surface area contributed by atoms with Crippen LogP contribution in [0.5, 0.6) is 0 Å². The van der Waals surface area contributed by atoms with Crippen molar-refractivity contribution in [1.82, 2.24) is 0 Å². The molecule has 0 N–H and O–H groups in total. The van der Waals surface area contributed by atoms with Crippen LogP contribution in [0.4, 0.5) is 0 Å². The molecule has 0 aromatic rings. The number of hydrogen-bond acceptors (Lipinski definition) is 0. The van der Waals surface area contributed by atoms with E-state index in [1.165, 1.54) is 0 Å². The zero-order valence-corrected chi connectivity index (χ0v) is 4.79. The van der Waals surface area contributed by atoms with E-state index >= 15 is 0 Å². The third-order valence-electron chi connectivity index (χ3n) is 0.230. The third-order valence-corrected chi connectivity index (χ3v) is 1.07. The number of halogens is 1. The summed E-state index contributed by atoms with van der Waals surface area (Å²) in [4.78, 5) is 0. The van der Waals surface area contributed by atoms with Crippen LogP contribution in [0.2, 0.25) is 6.55 Å². The van der Waals surface area contributed by atoms with Crippen LogP contribution in [0.25, 0.3) is 0 Å². The van der Waals surface area contributed by atoms with Gasteiger partial charge < -0.3 is 0 Å². The Labute approximate surface area is 39.7 Å². The van der Waals surface area contributed by atoms with Crippen LogP contribution in [-0.2, 0) is 0 Å². The predicted molar refractivity (Wildman–Crippen MR) is 26.6 cm³/mol. The van der Waals surface area contributed by atoms with E-state index in [-0.39, 0.29) is 0 Å². The first-order valence-electron chi connectivity index (χ1n) is 1.34. The first-order valence-corrected chi connectivity index (χ1v) is 3.35. The predicted octanol–water partition coefficient (Wildman–Crippen LogP) is 1.45. The Balaban J connectivity index is 2.62. The van der Waals surface area contributed by atoms with Gasteiger partial charge in [0.05, 0.1) is 9.52 Å². The molecule has 0 fully saturated rings. The normalized spacial score (nSPS) is 10.0. The Hall–Kier alpha value is 0.247. The van der Waals surface area contributed by atoms with Gasteiger partial charge in [0.2, 0.25) is 0 Å². The van der Waals surface area contributed by atoms with Crippen LogP contribution < -0.4 is 0 Å². The molecule has 2 heteroatoms. The van der Waals surface area contributed by atoms with Crippen molar-refractivity contribution in [3.8, 4) is 0 Å². The minimum atomic E-state index is 0.845. The SMILES string of the molecule is C[Si]C=CCl. The lowest BCUT2D eigenvalue weighted by molar-refractivity contribution is 2.24. The van der Waals surface area contributed by atoms with Crippen molar-refractivity contribution < 1.29 is 0 Å². The van der Waals surface area contributed by atoms with Crippen molar-refractivity contribution in [2.75, 3.05) is 0 Å². The van der Waals surface area contributed by atoms with E-state index in [1.54, 1.807) is 5.54 Å². The van der Waals surface area contributed by atoms with E-state index in [1.807, 2.05) is 5.70 Å². The Morgan fingerprint density at radius 1 is 1.80 bits per heavy atom. The highest BCUT2D eigenvalue weighted by atomic mass is 35.5. The smallest absolute Gasteiger partial charge is 0.0680 e. The molecule has 0 saturated carbocycles. The summed E-state index contributed by atoms with van der Waals surface area (Å²) in [6.45, 7) is 2.07. The molecule has 2 radical (unpaired) electrons. The van der Waals surface area contributed by atoms with Crippen molar-refractivity contribution in [3.05, 3.63) is 11.2 Å². The lowest BCUT2D eigenvalue weighted by Crippen LogP contribution is -1.63. The molecule has 0 aliphatic rings. The van der Waals surface area contributed by atoms with Gasteiger partial charge in [-0.1, -0.05) is 23.8 Å².